The average molecular weight is 287 g/mol. The molecule has 0 fully saturated rings. The summed E-state index contributed by atoms with van der Waals surface area (Å²) < 4.78 is 6.49. The first kappa shape index (κ1) is 13.6. The van der Waals surface area contributed by atoms with Crippen molar-refractivity contribution in [1.82, 2.24) is 5.43 Å². The number of ether oxygens (including phenoxy) is 1. The molecule has 3 N–H and O–H groups in total. The Morgan fingerprint density at radius 2 is 2.00 bits per heavy atom. The number of hydrogen-bond acceptors (Lipinski definition) is 3. The molecule has 0 bridgehead atoms. The second kappa shape index (κ2) is 7.01. The number of methoxy groups -OCH3 is 1. The number of hydrazine groups is 1. The van der Waals surface area contributed by atoms with Crippen LogP contribution in [-0.2, 0) is 11.2 Å². The summed E-state index contributed by atoms with van der Waals surface area (Å²) in [5.41, 5.74) is 4.08. The van der Waals surface area contributed by atoms with Gasteiger partial charge < -0.3 is 4.74 Å². The van der Waals surface area contributed by atoms with Gasteiger partial charge in [-0.2, -0.15) is 0 Å². The van der Waals surface area contributed by atoms with Crippen LogP contribution in [0.1, 0.15) is 18.9 Å². The van der Waals surface area contributed by atoms with Crippen LogP contribution in [0.15, 0.2) is 28.7 Å². The van der Waals surface area contributed by atoms with E-state index in [4.69, 9.17) is 10.6 Å². The molecule has 0 saturated heterocycles. The summed E-state index contributed by atoms with van der Waals surface area (Å²) in [5, 5.41) is 0. The maximum atomic E-state index is 5.56. The highest BCUT2D eigenvalue weighted by Crippen LogP contribution is 2.14. The van der Waals surface area contributed by atoms with Crippen molar-refractivity contribution in [3.63, 3.8) is 0 Å². The number of rotatable bonds is 6. The zero-order chi connectivity index (χ0) is 12.0. The van der Waals surface area contributed by atoms with Crippen LogP contribution in [0.5, 0.6) is 0 Å². The summed E-state index contributed by atoms with van der Waals surface area (Å²) in [6.07, 6.45) is 1.96. The number of nitrogens with one attached hydrogen (secondary N) is 1. The molecule has 2 atom stereocenters. The molecule has 2 unspecified atom stereocenters. The molecule has 0 radical (unpaired) electrons. The highest BCUT2D eigenvalue weighted by atomic mass is 79.9. The van der Waals surface area contributed by atoms with E-state index in [0.717, 1.165) is 17.3 Å². The van der Waals surface area contributed by atoms with Crippen LogP contribution < -0.4 is 11.3 Å². The molecule has 0 saturated carbocycles. The second-order valence-corrected chi connectivity index (χ2v) is 4.70. The molecular weight excluding hydrogens is 268 g/mol. The Bertz CT molecular complexity index is 298. The largest absolute Gasteiger partial charge is 0.380 e. The van der Waals surface area contributed by atoms with Gasteiger partial charge in [-0.15, -0.1) is 0 Å². The normalized spacial score (nSPS) is 14.8. The summed E-state index contributed by atoms with van der Waals surface area (Å²) in [4.78, 5) is 0. The SMILES string of the molecule is CCC(OC)C(Cc1ccc(Br)cc1)NN. The Morgan fingerprint density at radius 1 is 1.38 bits per heavy atom. The van der Waals surface area contributed by atoms with Crippen molar-refractivity contribution in [2.24, 2.45) is 5.84 Å². The topological polar surface area (TPSA) is 47.3 Å². The molecule has 0 aliphatic rings. The highest BCUT2D eigenvalue weighted by Gasteiger charge is 2.18. The van der Waals surface area contributed by atoms with Gasteiger partial charge in [0.15, 0.2) is 0 Å². The van der Waals surface area contributed by atoms with Gasteiger partial charge in [0.25, 0.3) is 0 Å². The van der Waals surface area contributed by atoms with Crippen LogP contribution in [-0.4, -0.2) is 19.3 Å². The van der Waals surface area contributed by atoms with E-state index in [1.165, 1.54) is 5.56 Å². The Kier molecular flexibility index (Phi) is 5.98. The lowest BCUT2D eigenvalue weighted by molar-refractivity contribution is 0.0653. The Morgan fingerprint density at radius 3 is 2.44 bits per heavy atom. The van der Waals surface area contributed by atoms with E-state index in [2.05, 4.69) is 40.4 Å². The summed E-state index contributed by atoms with van der Waals surface area (Å²) in [6, 6.07) is 8.41. The van der Waals surface area contributed by atoms with E-state index in [1.54, 1.807) is 7.11 Å². The van der Waals surface area contributed by atoms with Crippen molar-refractivity contribution in [3.8, 4) is 0 Å². The first-order chi connectivity index (χ1) is 7.71. The van der Waals surface area contributed by atoms with Gasteiger partial charge in [0.05, 0.1) is 12.1 Å². The van der Waals surface area contributed by atoms with Crippen molar-refractivity contribution < 1.29 is 4.74 Å². The lowest BCUT2D eigenvalue weighted by Gasteiger charge is -2.24. The summed E-state index contributed by atoms with van der Waals surface area (Å²) in [6.45, 7) is 2.10. The minimum Gasteiger partial charge on any atom is -0.380 e. The first-order valence-electron chi connectivity index (χ1n) is 5.44. The maximum absolute atomic E-state index is 5.56. The number of benzene rings is 1. The van der Waals surface area contributed by atoms with Gasteiger partial charge in [0, 0.05) is 11.6 Å². The van der Waals surface area contributed by atoms with E-state index in [0.29, 0.717) is 0 Å². The third-order valence-electron chi connectivity index (χ3n) is 2.74. The monoisotopic (exact) mass is 286 g/mol. The van der Waals surface area contributed by atoms with Crippen molar-refractivity contribution in [1.29, 1.82) is 0 Å². The van der Waals surface area contributed by atoms with E-state index in [-0.39, 0.29) is 12.1 Å². The number of halogens is 1. The molecule has 1 rings (SSSR count). The second-order valence-electron chi connectivity index (χ2n) is 3.79. The van der Waals surface area contributed by atoms with E-state index >= 15 is 0 Å². The van der Waals surface area contributed by atoms with Gasteiger partial charge in [0.2, 0.25) is 0 Å². The summed E-state index contributed by atoms with van der Waals surface area (Å²) in [5.74, 6) is 5.56. The maximum Gasteiger partial charge on any atom is 0.0738 e. The van der Waals surface area contributed by atoms with Gasteiger partial charge in [-0.05, 0) is 30.5 Å². The molecule has 3 nitrogen and oxygen atoms in total. The van der Waals surface area contributed by atoms with E-state index in [1.807, 2.05) is 12.1 Å². The fourth-order valence-corrected chi connectivity index (χ4v) is 2.05. The van der Waals surface area contributed by atoms with E-state index in [9.17, 15) is 0 Å². The van der Waals surface area contributed by atoms with Crippen LogP contribution in [0.25, 0.3) is 0 Å². The van der Waals surface area contributed by atoms with E-state index < -0.39 is 0 Å². The summed E-state index contributed by atoms with van der Waals surface area (Å²) >= 11 is 3.42. The lowest BCUT2D eigenvalue weighted by Crippen LogP contribution is -2.46. The summed E-state index contributed by atoms with van der Waals surface area (Å²) in [7, 11) is 1.72. The third-order valence-corrected chi connectivity index (χ3v) is 3.27. The Labute approximate surface area is 105 Å². The van der Waals surface area contributed by atoms with Crippen LogP contribution in [0, 0.1) is 0 Å². The standard InChI is InChI=1S/C12H19BrN2O/c1-3-12(16-2)11(15-14)8-9-4-6-10(13)7-5-9/h4-7,11-12,15H,3,8,14H2,1-2H3. The zero-order valence-corrected chi connectivity index (χ0v) is 11.3. The molecule has 4 heteroatoms. The minimum absolute atomic E-state index is 0.147. The van der Waals surface area contributed by atoms with Gasteiger partial charge in [-0.3, -0.25) is 11.3 Å². The van der Waals surface area contributed by atoms with Crippen molar-refractivity contribution in [2.45, 2.75) is 31.9 Å². The number of nitrogens with two attached hydrogens (primary N) is 1. The van der Waals surface area contributed by atoms with Crippen LogP contribution in [0.2, 0.25) is 0 Å². The molecule has 1 aromatic carbocycles. The fourth-order valence-electron chi connectivity index (χ4n) is 1.79. The predicted molar refractivity (Wildman–Crippen MR) is 70.0 cm³/mol. The van der Waals surface area contributed by atoms with Crippen LogP contribution >= 0.6 is 15.9 Å². The van der Waals surface area contributed by atoms with Crippen molar-refractivity contribution in [2.75, 3.05) is 7.11 Å². The molecule has 0 aromatic heterocycles. The molecule has 0 amide bonds. The molecule has 90 valence electrons. The minimum atomic E-state index is 0.147. The highest BCUT2D eigenvalue weighted by molar-refractivity contribution is 9.10. The van der Waals surface area contributed by atoms with Crippen LogP contribution in [0.4, 0.5) is 0 Å². The molecule has 0 aliphatic carbocycles. The smallest absolute Gasteiger partial charge is 0.0738 e. The Hall–Kier alpha value is -0.420. The van der Waals surface area contributed by atoms with Gasteiger partial charge >= 0.3 is 0 Å². The first-order valence-corrected chi connectivity index (χ1v) is 6.24. The zero-order valence-electron chi connectivity index (χ0n) is 9.74. The molecule has 0 aliphatic heterocycles. The molecular formula is C12H19BrN2O. The van der Waals surface area contributed by atoms with Crippen molar-refractivity contribution >= 4 is 15.9 Å². The fraction of sp³-hybridized carbons (Fsp3) is 0.500. The van der Waals surface area contributed by atoms with Crippen molar-refractivity contribution in [3.05, 3.63) is 34.3 Å². The molecule has 0 spiro atoms. The predicted octanol–water partition coefficient (Wildman–Crippen LogP) is 2.25. The molecule has 16 heavy (non-hydrogen) atoms. The Balaban J connectivity index is 2.65. The quantitative estimate of drug-likeness (QED) is 0.623. The average Bonchev–Trinajstić information content (AvgIpc) is 2.32. The third kappa shape index (κ3) is 3.87. The van der Waals surface area contributed by atoms with Gasteiger partial charge in [-0.25, -0.2) is 0 Å². The van der Waals surface area contributed by atoms with Gasteiger partial charge in [0.1, 0.15) is 0 Å². The van der Waals surface area contributed by atoms with Gasteiger partial charge in [-0.1, -0.05) is 35.0 Å². The molecule has 0 heterocycles. The number of hydrogen-bond donors (Lipinski definition) is 2. The van der Waals surface area contributed by atoms with Crippen LogP contribution in [0.3, 0.4) is 0 Å². The lowest BCUT2D eigenvalue weighted by atomic mass is 10.0. The molecule has 1 aromatic rings.